The maximum absolute atomic E-state index is 13.0. The van der Waals surface area contributed by atoms with E-state index in [1.807, 2.05) is 0 Å². The van der Waals surface area contributed by atoms with Crippen molar-refractivity contribution in [3.63, 3.8) is 0 Å². The van der Waals surface area contributed by atoms with E-state index in [1.54, 1.807) is 100 Å². The molecule has 0 spiro atoms. The Morgan fingerprint density at radius 2 is 0.683 bits per heavy atom. The number of carbonyl (C=O) groups excluding carboxylic acids is 4. The van der Waals surface area contributed by atoms with Crippen molar-refractivity contribution in [2.45, 2.75) is 27.7 Å². The van der Waals surface area contributed by atoms with E-state index in [9.17, 15) is 19.2 Å². The summed E-state index contributed by atoms with van der Waals surface area (Å²) in [5.41, 5.74) is 4.64. The molecule has 9 rings (SSSR count). The molecule has 16 nitrogen and oxygen atoms in total. The van der Waals surface area contributed by atoms with E-state index in [2.05, 4.69) is 9.97 Å². The van der Waals surface area contributed by atoms with Crippen LogP contribution in [0.1, 0.15) is 69.1 Å². The number of esters is 4. The molecule has 2 aliphatic rings. The van der Waals surface area contributed by atoms with Gasteiger partial charge in [0.25, 0.3) is 0 Å². The molecule has 5 heterocycles. The molecule has 0 saturated carbocycles. The lowest BCUT2D eigenvalue weighted by Gasteiger charge is -2.04. The summed E-state index contributed by atoms with van der Waals surface area (Å²) in [4.78, 5) is 88.2. The van der Waals surface area contributed by atoms with Gasteiger partial charge in [0.05, 0.1) is 48.7 Å². The maximum atomic E-state index is 13.0. The molecule has 7 aromatic rings. The topological polar surface area (TPSA) is 214 Å². The Morgan fingerprint density at radius 3 is 1.03 bits per heavy atom. The summed E-state index contributed by atoms with van der Waals surface area (Å²) in [5.74, 6) is -1.09. The van der Waals surface area contributed by atoms with Crippen molar-refractivity contribution in [3.8, 4) is 45.6 Å². The Hall–Kier alpha value is -7.88. The zero-order chi connectivity index (χ0) is 41.7. The lowest BCUT2D eigenvalue weighted by atomic mass is 10.0. The standard InChI is InChI=1S/C44H34N8O8/c1-5-57-41(53)21-9-13-25-29(17-21)37-45-33(25)50-38-31-19-23(43(55)59-7-3)11-15-27(31)35(47-38)52-40-32-20-24(44(56)60-8-4)12-16-28(32)36(48-40)51-39-30-18-22(42(54)58-6-2)10-14-26(30)34(46-39)49-37/h9-20H,5-8H2,1-4H3,(H2,45,46,47,48,49,50,51,52). The van der Waals surface area contributed by atoms with Gasteiger partial charge >= 0.3 is 23.9 Å². The fraction of sp³-hybridized carbons (Fsp3) is 0.182. The summed E-state index contributed by atoms with van der Waals surface area (Å²) in [7, 11) is 0. The van der Waals surface area contributed by atoms with Gasteiger partial charge in [-0.05, 0) is 100 Å². The molecule has 0 radical (unpaired) electrons. The second-order valence-electron chi connectivity index (χ2n) is 13.5. The number of aromatic amines is 2. The summed E-state index contributed by atoms with van der Waals surface area (Å²) >= 11 is 0. The summed E-state index contributed by atoms with van der Waals surface area (Å²) in [6, 6.07) is 20.1. The Balaban J connectivity index is 1.42. The first-order valence-corrected chi connectivity index (χ1v) is 19.3. The molecular formula is C44H34N8O8. The number of ether oxygens (including phenoxy) is 4. The number of fused-ring (bicyclic) bond motifs is 20. The number of nitrogens with zero attached hydrogens (tertiary/aromatic N) is 6. The highest BCUT2D eigenvalue weighted by Crippen LogP contribution is 2.38. The molecule has 16 heteroatoms. The number of hydrogen-bond donors (Lipinski definition) is 2. The fourth-order valence-corrected chi connectivity index (χ4v) is 7.16. The molecule has 2 N–H and O–H groups in total. The molecule has 0 amide bonds. The predicted molar refractivity (Wildman–Crippen MR) is 220 cm³/mol. The van der Waals surface area contributed by atoms with Gasteiger partial charge in [0.15, 0.2) is 23.3 Å². The second-order valence-corrected chi connectivity index (χ2v) is 13.5. The van der Waals surface area contributed by atoms with Crippen LogP contribution in [-0.4, -0.2) is 90.2 Å². The molecule has 298 valence electrons. The summed E-state index contributed by atoms with van der Waals surface area (Å²) in [6.07, 6.45) is 0. The van der Waals surface area contributed by atoms with Gasteiger partial charge in [-0.2, -0.15) is 0 Å². The predicted octanol–water partition coefficient (Wildman–Crippen LogP) is 7.58. The van der Waals surface area contributed by atoms with E-state index in [-0.39, 0.29) is 60.9 Å². The van der Waals surface area contributed by atoms with E-state index in [0.29, 0.717) is 77.5 Å². The van der Waals surface area contributed by atoms with E-state index in [4.69, 9.17) is 48.9 Å². The zero-order valence-corrected chi connectivity index (χ0v) is 32.7. The Morgan fingerprint density at radius 1 is 0.383 bits per heavy atom. The van der Waals surface area contributed by atoms with Crippen molar-refractivity contribution in [1.82, 2.24) is 39.9 Å². The number of benzene rings is 4. The molecule has 8 bridgehead atoms. The van der Waals surface area contributed by atoms with Gasteiger partial charge in [0.2, 0.25) is 0 Å². The summed E-state index contributed by atoms with van der Waals surface area (Å²) < 4.78 is 21.2. The van der Waals surface area contributed by atoms with Crippen LogP contribution in [0.3, 0.4) is 0 Å². The third kappa shape index (κ3) is 6.53. The van der Waals surface area contributed by atoms with E-state index in [1.165, 1.54) is 0 Å². The Labute approximate surface area is 340 Å². The number of rotatable bonds is 8. The highest BCUT2D eigenvalue weighted by atomic mass is 16.5. The van der Waals surface area contributed by atoms with Crippen LogP contribution in [0.15, 0.2) is 72.8 Å². The average Bonchev–Trinajstić information content (AvgIpc) is 3.98. The molecular weight excluding hydrogens is 769 g/mol. The van der Waals surface area contributed by atoms with E-state index >= 15 is 0 Å². The highest BCUT2D eigenvalue weighted by Gasteiger charge is 2.25. The first kappa shape index (κ1) is 37.7. The minimum absolute atomic E-state index is 0.186. The number of hydrogen-bond acceptors (Lipinski definition) is 14. The molecule has 4 aromatic carbocycles. The summed E-state index contributed by atoms with van der Waals surface area (Å²) in [5, 5.41) is 2.26. The van der Waals surface area contributed by atoms with Crippen LogP contribution in [-0.2, 0) is 18.9 Å². The fourth-order valence-electron chi connectivity index (χ4n) is 7.16. The minimum atomic E-state index is -0.516. The van der Waals surface area contributed by atoms with E-state index in [0.717, 1.165) is 0 Å². The van der Waals surface area contributed by atoms with Crippen molar-refractivity contribution in [2.75, 3.05) is 26.4 Å². The normalized spacial score (nSPS) is 11.5. The van der Waals surface area contributed by atoms with Crippen LogP contribution >= 0.6 is 0 Å². The quantitative estimate of drug-likeness (QED) is 0.112. The molecule has 0 aliphatic carbocycles. The third-order valence-corrected chi connectivity index (χ3v) is 9.87. The number of carbonyl (C=O) groups is 4. The van der Waals surface area contributed by atoms with Gasteiger partial charge in [-0.1, -0.05) is 0 Å². The highest BCUT2D eigenvalue weighted by molar-refractivity contribution is 6.09. The molecule has 0 fully saturated rings. The number of H-pyrrole nitrogens is 2. The number of nitrogens with one attached hydrogen (secondary N) is 2. The Bertz CT molecular complexity index is 2940. The van der Waals surface area contributed by atoms with Crippen molar-refractivity contribution in [2.24, 2.45) is 0 Å². The minimum Gasteiger partial charge on any atom is -0.462 e. The lowest BCUT2D eigenvalue weighted by Crippen LogP contribution is -2.04. The maximum Gasteiger partial charge on any atom is 0.338 e. The Kier molecular flexibility index (Phi) is 9.50. The third-order valence-electron chi connectivity index (χ3n) is 9.87. The van der Waals surface area contributed by atoms with Gasteiger partial charge in [0.1, 0.15) is 22.6 Å². The number of aromatic nitrogens is 8. The van der Waals surface area contributed by atoms with Gasteiger partial charge in [-0.3, -0.25) is 0 Å². The van der Waals surface area contributed by atoms with Crippen LogP contribution in [0.2, 0.25) is 0 Å². The van der Waals surface area contributed by atoms with E-state index < -0.39 is 23.9 Å². The van der Waals surface area contributed by atoms with Crippen molar-refractivity contribution < 1.29 is 38.1 Å². The van der Waals surface area contributed by atoms with Crippen LogP contribution < -0.4 is 0 Å². The molecule has 0 atom stereocenters. The monoisotopic (exact) mass is 802 g/mol. The van der Waals surface area contributed by atoms with Crippen LogP contribution in [0.25, 0.3) is 89.7 Å². The van der Waals surface area contributed by atoms with Crippen LogP contribution in [0.4, 0.5) is 0 Å². The first-order valence-electron chi connectivity index (χ1n) is 19.3. The molecule has 0 saturated heterocycles. The van der Waals surface area contributed by atoms with Crippen LogP contribution in [0.5, 0.6) is 0 Å². The van der Waals surface area contributed by atoms with Gasteiger partial charge in [-0.15, -0.1) is 0 Å². The zero-order valence-electron chi connectivity index (χ0n) is 32.7. The van der Waals surface area contributed by atoms with Crippen molar-refractivity contribution in [3.05, 3.63) is 95.1 Å². The van der Waals surface area contributed by atoms with Gasteiger partial charge < -0.3 is 28.9 Å². The SMILES string of the molecule is CCOC(=O)c1ccc2c(c1)-c1nc-2nc2[nH]c(nc3nc(nc4[nH]c(n1)c1ccc(C(=O)OCC)cc41)-c1ccc(C(=O)OCC)cc1-3)c1ccc(C(=O)OCC)cc21. The smallest absolute Gasteiger partial charge is 0.338 e. The molecule has 60 heavy (non-hydrogen) atoms. The van der Waals surface area contributed by atoms with Gasteiger partial charge in [-0.25, -0.2) is 49.1 Å². The van der Waals surface area contributed by atoms with Gasteiger partial charge in [0, 0.05) is 43.8 Å². The largest absolute Gasteiger partial charge is 0.462 e. The van der Waals surface area contributed by atoms with Crippen LogP contribution in [0, 0.1) is 0 Å². The summed E-state index contributed by atoms with van der Waals surface area (Å²) in [6.45, 7) is 7.66. The first-order chi connectivity index (χ1) is 29.2. The molecule has 3 aromatic heterocycles. The van der Waals surface area contributed by atoms with Crippen molar-refractivity contribution >= 4 is 68.0 Å². The van der Waals surface area contributed by atoms with Crippen molar-refractivity contribution in [1.29, 1.82) is 0 Å². The molecule has 0 unspecified atom stereocenters. The second kappa shape index (κ2) is 15.1. The lowest BCUT2D eigenvalue weighted by molar-refractivity contribution is 0.0517. The molecule has 2 aliphatic heterocycles. The average molecular weight is 803 g/mol.